The molecule has 1 aliphatic heterocycles. The molecule has 4 nitrogen and oxygen atoms in total. The molecule has 138 valence electrons. The van der Waals surface area contributed by atoms with Gasteiger partial charge in [-0.1, -0.05) is 24.3 Å². The van der Waals surface area contributed by atoms with Crippen molar-refractivity contribution in [2.24, 2.45) is 10.7 Å². The highest BCUT2D eigenvalue weighted by Crippen LogP contribution is 2.48. The van der Waals surface area contributed by atoms with Crippen molar-refractivity contribution in [3.05, 3.63) is 56.2 Å². The molecule has 2 aromatic rings. The van der Waals surface area contributed by atoms with Crippen LogP contribution in [0, 0.1) is 0 Å². The zero-order valence-electron chi connectivity index (χ0n) is 14.5. The van der Waals surface area contributed by atoms with Crippen LogP contribution in [0.5, 0.6) is 0 Å². The van der Waals surface area contributed by atoms with E-state index in [-0.39, 0.29) is 17.4 Å². The van der Waals surface area contributed by atoms with Gasteiger partial charge in [0, 0.05) is 28.9 Å². The molecule has 0 saturated heterocycles. The fourth-order valence-corrected chi connectivity index (χ4v) is 5.11. The summed E-state index contributed by atoms with van der Waals surface area (Å²) in [6.07, 6.45) is 0. The summed E-state index contributed by atoms with van der Waals surface area (Å²) in [5.41, 5.74) is 5.56. The lowest BCUT2D eigenvalue weighted by atomic mass is 9.77. The second-order valence-electron chi connectivity index (χ2n) is 6.56. The number of hydrogen-bond donors (Lipinski definition) is 1. The van der Waals surface area contributed by atoms with Gasteiger partial charge in [-0.2, -0.15) is 0 Å². The average Bonchev–Trinajstić information content (AvgIpc) is 2.99. The van der Waals surface area contributed by atoms with Crippen molar-refractivity contribution >= 4 is 39.1 Å². The summed E-state index contributed by atoms with van der Waals surface area (Å²) in [5, 5.41) is 1.90. The zero-order valence-corrected chi connectivity index (χ0v) is 16.9. The topological polar surface area (TPSA) is 58.7 Å². The van der Waals surface area contributed by atoms with E-state index in [0.717, 1.165) is 16.3 Å². The Labute approximate surface area is 162 Å². The van der Waals surface area contributed by atoms with Gasteiger partial charge in [-0.25, -0.2) is 13.8 Å². The van der Waals surface area contributed by atoms with E-state index in [1.165, 1.54) is 28.4 Å². The molecule has 26 heavy (non-hydrogen) atoms. The van der Waals surface area contributed by atoms with E-state index in [1.54, 1.807) is 19.2 Å². The molecule has 2 N–H and O–H groups in total. The average molecular weight is 442 g/mol. The molecule has 2 atom stereocenters. The van der Waals surface area contributed by atoms with Gasteiger partial charge in [-0.15, -0.1) is 11.3 Å². The Balaban J connectivity index is 2.16. The molecule has 0 unspecified atom stereocenters. The van der Waals surface area contributed by atoms with Crippen LogP contribution in [0.3, 0.4) is 0 Å². The van der Waals surface area contributed by atoms with Gasteiger partial charge in [0.2, 0.25) is 5.91 Å². The molecule has 1 aromatic carbocycles. The molecule has 2 heterocycles. The second-order valence-corrected chi connectivity index (χ2v) is 8.33. The number of halogens is 3. The first kappa shape index (κ1) is 19.0. The minimum Gasteiger partial charge on any atom is -0.369 e. The van der Waals surface area contributed by atoms with E-state index in [0.29, 0.717) is 5.56 Å². The molecule has 1 aliphatic rings. The van der Waals surface area contributed by atoms with Gasteiger partial charge in [0.1, 0.15) is 5.54 Å². The third-order valence-corrected chi connectivity index (χ3v) is 6.72. The van der Waals surface area contributed by atoms with Crippen molar-refractivity contribution in [2.75, 3.05) is 7.05 Å². The first-order valence-electron chi connectivity index (χ1n) is 7.90. The minimum absolute atomic E-state index is 0.0973. The smallest absolute Gasteiger partial charge is 0.270 e. The number of guanidine groups is 1. The molecule has 1 amide bonds. The molecular formula is C18H18BrF2N3OS. The molecule has 0 spiro atoms. The standard InChI is InChI=1S/C18H18BrF2N3OS/c1-17(14-12(19)8-9-26-14)13(15(25)24(3)16(22)23-17)10-4-6-11(7-5-10)18(2,20)21/h4-9,13H,1-3H3,(H2,22,23)/t13-,17-/m0/s1. The largest absolute Gasteiger partial charge is 0.369 e. The monoisotopic (exact) mass is 441 g/mol. The first-order valence-corrected chi connectivity index (χ1v) is 9.57. The van der Waals surface area contributed by atoms with Gasteiger partial charge in [-0.3, -0.25) is 9.69 Å². The van der Waals surface area contributed by atoms with Crippen molar-refractivity contribution in [3.8, 4) is 0 Å². The van der Waals surface area contributed by atoms with Gasteiger partial charge >= 0.3 is 0 Å². The summed E-state index contributed by atoms with van der Waals surface area (Å²) < 4.78 is 27.9. The summed E-state index contributed by atoms with van der Waals surface area (Å²) in [5.74, 6) is -3.70. The van der Waals surface area contributed by atoms with Crippen LogP contribution in [-0.2, 0) is 16.3 Å². The van der Waals surface area contributed by atoms with E-state index in [9.17, 15) is 13.6 Å². The normalized spacial score (nSPS) is 23.9. The number of carbonyl (C=O) groups is 1. The lowest BCUT2D eigenvalue weighted by Gasteiger charge is -2.40. The number of alkyl halides is 2. The first-order chi connectivity index (χ1) is 12.1. The molecule has 0 bridgehead atoms. The van der Waals surface area contributed by atoms with Crippen molar-refractivity contribution in [1.29, 1.82) is 0 Å². The van der Waals surface area contributed by atoms with E-state index < -0.39 is 17.4 Å². The molecular weight excluding hydrogens is 424 g/mol. The Hall–Kier alpha value is -1.80. The van der Waals surface area contributed by atoms with Crippen molar-refractivity contribution in [3.63, 3.8) is 0 Å². The quantitative estimate of drug-likeness (QED) is 0.766. The van der Waals surface area contributed by atoms with Gasteiger partial charge in [0.25, 0.3) is 5.92 Å². The number of likely N-dealkylation sites (N-methyl/N-ethyl adjacent to an activating group) is 1. The fourth-order valence-electron chi connectivity index (χ4n) is 3.20. The van der Waals surface area contributed by atoms with E-state index in [2.05, 4.69) is 20.9 Å². The van der Waals surface area contributed by atoms with E-state index in [1.807, 2.05) is 18.4 Å². The lowest BCUT2D eigenvalue weighted by Crippen LogP contribution is -2.52. The van der Waals surface area contributed by atoms with Crippen LogP contribution >= 0.6 is 27.3 Å². The van der Waals surface area contributed by atoms with E-state index >= 15 is 0 Å². The number of nitrogens with zero attached hydrogens (tertiary/aromatic N) is 2. The molecule has 0 radical (unpaired) electrons. The SMILES string of the molecule is CN1C(=O)[C@H](c2ccc(C(C)(F)F)cc2)[C@@](C)(c2sccc2Br)N=C1N. The van der Waals surface area contributed by atoms with Gasteiger partial charge in [0.15, 0.2) is 5.96 Å². The molecule has 1 aromatic heterocycles. The maximum absolute atomic E-state index is 13.5. The van der Waals surface area contributed by atoms with Gasteiger partial charge < -0.3 is 5.73 Å². The van der Waals surface area contributed by atoms with Crippen LogP contribution in [-0.4, -0.2) is 23.8 Å². The number of carbonyl (C=O) groups excluding carboxylic acids is 1. The van der Waals surface area contributed by atoms with Crippen molar-refractivity contribution < 1.29 is 13.6 Å². The summed E-state index contributed by atoms with van der Waals surface area (Å²) in [6, 6.07) is 7.74. The summed E-state index contributed by atoms with van der Waals surface area (Å²) in [6.45, 7) is 2.69. The van der Waals surface area contributed by atoms with Crippen LogP contribution in [0.2, 0.25) is 0 Å². The molecule has 8 heteroatoms. The summed E-state index contributed by atoms with van der Waals surface area (Å²) in [4.78, 5) is 19.8. The van der Waals surface area contributed by atoms with Crippen molar-refractivity contribution in [2.45, 2.75) is 31.2 Å². The Bertz CT molecular complexity index is 875. The third kappa shape index (κ3) is 3.05. The van der Waals surface area contributed by atoms with Crippen LogP contribution in [0.1, 0.15) is 35.8 Å². The maximum Gasteiger partial charge on any atom is 0.270 e. The van der Waals surface area contributed by atoms with Crippen LogP contribution in [0.25, 0.3) is 0 Å². The number of rotatable bonds is 3. The van der Waals surface area contributed by atoms with Gasteiger partial charge in [-0.05, 0) is 39.9 Å². The van der Waals surface area contributed by atoms with Gasteiger partial charge in [0.05, 0.1) is 5.92 Å². The van der Waals surface area contributed by atoms with Crippen LogP contribution in [0.15, 0.2) is 45.2 Å². The Kier molecular flexibility index (Phi) is 4.69. The highest BCUT2D eigenvalue weighted by molar-refractivity contribution is 9.10. The third-order valence-electron chi connectivity index (χ3n) is 4.66. The number of amides is 1. The molecule has 0 saturated carbocycles. The van der Waals surface area contributed by atoms with E-state index in [4.69, 9.17) is 5.73 Å². The predicted octanol–water partition coefficient (Wildman–Crippen LogP) is 4.41. The van der Waals surface area contributed by atoms with Crippen LogP contribution < -0.4 is 5.73 Å². The highest BCUT2D eigenvalue weighted by Gasteiger charge is 2.48. The fraction of sp³-hybridized carbons (Fsp3) is 0.333. The predicted molar refractivity (Wildman–Crippen MR) is 103 cm³/mol. The van der Waals surface area contributed by atoms with Crippen LogP contribution in [0.4, 0.5) is 8.78 Å². The minimum atomic E-state index is -2.94. The van der Waals surface area contributed by atoms with Crippen molar-refractivity contribution in [1.82, 2.24) is 4.90 Å². The molecule has 0 aliphatic carbocycles. The number of aliphatic imine (C=N–C) groups is 1. The zero-order chi connectivity index (χ0) is 19.3. The highest BCUT2D eigenvalue weighted by atomic mass is 79.9. The Morgan fingerprint density at radius 1 is 1.31 bits per heavy atom. The lowest BCUT2D eigenvalue weighted by molar-refractivity contribution is -0.130. The number of nitrogens with two attached hydrogens (primary N) is 1. The number of benzene rings is 1. The Morgan fingerprint density at radius 3 is 2.42 bits per heavy atom. The second kappa shape index (κ2) is 6.42. The summed E-state index contributed by atoms with van der Waals surface area (Å²) >= 11 is 4.97. The number of hydrogen-bond acceptors (Lipinski definition) is 4. The number of thiophene rings is 1. The Morgan fingerprint density at radius 2 is 1.92 bits per heavy atom. The summed E-state index contributed by atoms with van der Waals surface area (Å²) in [7, 11) is 1.56. The maximum atomic E-state index is 13.5. The molecule has 0 fully saturated rings. The molecule has 3 rings (SSSR count).